The van der Waals surface area contributed by atoms with E-state index >= 15 is 0 Å². The molecular formula is C32H39Cl2N3O4S. The number of rotatable bonds is 14. The van der Waals surface area contributed by atoms with Gasteiger partial charge in [-0.05, 0) is 61.6 Å². The minimum Gasteiger partial charge on any atom is -0.352 e. The fourth-order valence-corrected chi connectivity index (χ4v) is 6.15. The number of carbonyl (C=O) groups is 2. The van der Waals surface area contributed by atoms with Gasteiger partial charge in [-0.15, -0.1) is 0 Å². The van der Waals surface area contributed by atoms with Crippen LogP contribution in [0.25, 0.3) is 0 Å². The van der Waals surface area contributed by atoms with Crippen molar-refractivity contribution in [3.8, 4) is 0 Å². The Morgan fingerprint density at radius 3 is 2.26 bits per heavy atom. The number of halogens is 2. The largest absolute Gasteiger partial charge is 0.352 e. The average molecular weight is 633 g/mol. The molecule has 0 spiro atoms. The summed E-state index contributed by atoms with van der Waals surface area (Å²) in [4.78, 5) is 29.2. The highest BCUT2D eigenvalue weighted by Crippen LogP contribution is 2.26. The van der Waals surface area contributed by atoms with Gasteiger partial charge in [-0.3, -0.25) is 13.9 Å². The van der Waals surface area contributed by atoms with E-state index < -0.39 is 16.1 Å². The maximum atomic E-state index is 14.0. The van der Waals surface area contributed by atoms with Crippen molar-refractivity contribution in [1.29, 1.82) is 0 Å². The first-order chi connectivity index (χ1) is 19.9. The third-order valence-electron chi connectivity index (χ3n) is 7.16. The minimum absolute atomic E-state index is 0.0327. The first-order valence-corrected chi connectivity index (χ1v) is 16.6. The monoisotopic (exact) mass is 631 g/mol. The van der Waals surface area contributed by atoms with Gasteiger partial charge in [0.25, 0.3) is 0 Å². The lowest BCUT2D eigenvalue weighted by atomic mass is 10.0. The number of nitrogens with one attached hydrogen (secondary N) is 1. The van der Waals surface area contributed by atoms with Crippen molar-refractivity contribution in [3.05, 3.63) is 99.5 Å². The first kappa shape index (κ1) is 33.4. The second kappa shape index (κ2) is 15.4. The summed E-state index contributed by atoms with van der Waals surface area (Å²) in [5.74, 6) is -0.538. The Bertz CT molecular complexity index is 1470. The molecule has 3 rings (SSSR count). The summed E-state index contributed by atoms with van der Waals surface area (Å²) < 4.78 is 26.7. The van der Waals surface area contributed by atoms with E-state index in [2.05, 4.69) is 5.32 Å². The molecular weight excluding hydrogens is 593 g/mol. The van der Waals surface area contributed by atoms with Gasteiger partial charge >= 0.3 is 0 Å². The SMILES string of the molecule is CC[C@@H](C)NC(=O)[C@H](Cc1ccccc1)N(Cc1ccc(Cl)cc1Cl)C(=O)CCCN(c1ccccc1C)S(C)(=O)=O. The molecule has 0 radical (unpaired) electrons. The molecule has 10 heteroatoms. The number of aryl methyl sites for hydroxylation is 1. The van der Waals surface area contributed by atoms with Crippen molar-refractivity contribution >= 4 is 50.7 Å². The number of nitrogens with zero attached hydrogens (tertiary/aromatic N) is 2. The average Bonchev–Trinajstić information content (AvgIpc) is 2.94. The van der Waals surface area contributed by atoms with Gasteiger partial charge < -0.3 is 10.2 Å². The lowest BCUT2D eigenvalue weighted by Gasteiger charge is -2.33. The van der Waals surface area contributed by atoms with Gasteiger partial charge in [0.1, 0.15) is 6.04 Å². The molecule has 42 heavy (non-hydrogen) atoms. The van der Waals surface area contributed by atoms with Crippen molar-refractivity contribution in [2.45, 2.75) is 65.1 Å². The second-order valence-corrected chi connectivity index (χ2v) is 13.3. The normalized spacial score (nSPS) is 12.8. The molecule has 0 aliphatic heterocycles. The minimum atomic E-state index is -3.59. The quantitative estimate of drug-likeness (QED) is 0.223. The number of benzene rings is 3. The lowest BCUT2D eigenvalue weighted by molar-refractivity contribution is -0.141. The lowest BCUT2D eigenvalue weighted by Crippen LogP contribution is -2.52. The van der Waals surface area contributed by atoms with Gasteiger partial charge in [-0.25, -0.2) is 8.42 Å². The third-order valence-corrected chi connectivity index (χ3v) is 8.93. The van der Waals surface area contributed by atoms with Crippen LogP contribution in [0.1, 0.15) is 49.8 Å². The van der Waals surface area contributed by atoms with Gasteiger partial charge in [0.15, 0.2) is 0 Å². The molecule has 0 bridgehead atoms. The molecule has 0 aliphatic rings. The van der Waals surface area contributed by atoms with Crippen LogP contribution in [0.5, 0.6) is 0 Å². The van der Waals surface area contributed by atoms with E-state index in [0.717, 1.165) is 23.8 Å². The van der Waals surface area contributed by atoms with Crippen molar-refractivity contribution < 1.29 is 18.0 Å². The summed E-state index contributed by atoms with van der Waals surface area (Å²) in [6.45, 7) is 5.96. The predicted octanol–water partition coefficient (Wildman–Crippen LogP) is 6.40. The number of amides is 2. The van der Waals surface area contributed by atoms with Crippen LogP contribution in [0.4, 0.5) is 5.69 Å². The highest BCUT2D eigenvalue weighted by molar-refractivity contribution is 7.92. The molecule has 0 aliphatic carbocycles. The zero-order valence-electron chi connectivity index (χ0n) is 24.5. The standard InChI is InChI=1S/C32H39Cl2N3O4S/c1-5-24(3)35-32(39)30(20-25-13-7-6-8-14-25)36(22-26-17-18-27(33)21-28(26)34)31(38)16-11-19-37(42(4,40)41)29-15-10-9-12-23(29)2/h6-10,12-15,17-18,21,24,30H,5,11,16,19-20,22H2,1-4H3,(H,35,39)/t24-,30+/m1/s1. The van der Waals surface area contributed by atoms with Crippen LogP contribution in [-0.2, 0) is 32.6 Å². The predicted molar refractivity (Wildman–Crippen MR) is 171 cm³/mol. The summed E-state index contributed by atoms with van der Waals surface area (Å²) in [5, 5.41) is 3.90. The topological polar surface area (TPSA) is 86.8 Å². The Kier molecular flexibility index (Phi) is 12.3. The molecule has 1 N–H and O–H groups in total. The number of sulfonamides is 1. The van der Waals surface area contributed by atoms with Crippen molar-refractivity contribution in [1.82, 2.24) is 10.2 Å². The molecule has 0 aromatic heterocycles. The number of hydrogen-bond donors (Lipinski definition) is 1. The van der Waals surface area contributed by atoms with Crippen LogP contribution in [0, 0.1) is 6.92 Å². The van der Waals surface area contributed by atoms with E-state index in [-0.39, 0.29) is 43.8 Å². The second-order valence-electron chi connectivity index (χ2n) is 10.5. The fraction of sp³-hybridized carbons (Fsp3) is 0.375. The summed E-state index contributed by atoms with van der Waals surface area (Å²) in [7, 11) is -3.59. The third kappa shape index (κ3) is 9.48. The molecule has 0 saturated carbocycles. The highest BCUT2D eigenvalue weighted by Gasteiger charge is 2.31. The summed E-state index contributed by atoms with van der Waals surface area (Å²) in [6.07, 6.45) is 2.49. The van der Waals surface area contributed by atoms with Gasteiger partial charge in [0.05, 0.1) is 11.9 Å². The van der Waals surface area contributed by atoms with E-state index in [4.69, 9.17) is 23.2 Å². The maximum Gasteiger partial charge on any atom is 0.243 e. The Hall–Kier alpha value is -3.07. The summed E-state index contributed by atoms with van der Waals surface area (Å²) in [5.41, 5.74) is 2.95. The number of anilines is 1. The van der Waals surface area contributed by atoms with E-state index in [9.17, 15) is 18.0 Å². The number of para-hydroxylation sites is 1. The van der Waals surface area contributed by atoms with E-state index in [0.29, 0.717) is 27.7 Å². The molecule has 0 heterocycles. The summed E-state index contributed by atoms with van der Waals surface area (Å²) >= 11 is 12.6. The van der Waals surface area contributed by atoms with Gasteiger partial charge in [-0.1, -0.05) is 84.7 Å². The van der Waals surface area contributed by atoms with Crippen molar-refractivity contribution in [2.24, 2.45) is 0 Å². The zero-order chi connectivity index (χ0) is 30.9. The van der Waals surface area contributed by atoms with Gasteiger partial charge in [-0.2, -0.15) is 0 Å². The smallest absolute Gasteiger partial charge is 0.243 e. The van der Waals surface area contributed by atoms with Crippen molar-refractivity contribution in [3.63, 3.8) is 0 Å². The van der Waals surface area contributed by atoms with Gasteiger partial charge in [0, 0.05) is 42.0 Å². The molecule has 0 unspecified atom stereocenters. The molecule has 3 aromatic carbocycles. The Balaban J connectivity index is 1.93. The van der Waals surface area contributed by atoms with Crippen LogP contribution in [0.15, 0.2) is 72.8 Å². The van der Waals surface area contributed by atoms with E-state index in [1.165, 1.54) is 4.31 Å². The molecule has 0 fully saturated rings. The Morgan fingerprint density at radius 2 is 1.64 bits per heavy atom. The van der Waals surface area contributed by atoms with Crippen molar-refractivity contribution in [2.75, 3.05) is 17.1 Å². The molecule has 2 atom stereocenters. The zero-order valence-corrected chi connectivity index (χ0v) is 26.8. The van der Waals surface area contributed by atoms with Crippen LogP contribution in [0.2, 0.25) is 10.0 Å². The molecule has 7 nitrogen and oxygen atoms in total. The molecule has 226 valence electrons. The van der Waals surface area contributed by atoms with E-state index in [1.54, 1.807) is 35.2 Å². The summed E-state index contributed by atoms with van der Waals surface area (Å²) in [6, 6.07) is 20.9. The Labute approximate surface area is 259 Å². The Morgan fingerprint density at radius 1 is 0.976 bits per heavy atom. The maximum absolute atomic E-state index is 14.0. The number of carbonyl (C=O) groups excluding carboxylic acids is 2. The molecule has 3 aromatic rings. The molecule has 2 amide bonds. The van der Waals surface area contributed by atoms with Crippen LogP contribution >= 0.6 is 23.2 Å². The van der Waals surface area contributed by atoms with Crippen LogP contribution < -0.4 is 9.62 Å². The van der Waals surface area contributed by atoms with Gasteiger partial charge in [0.2, 0.25) is 21.8 Å². The van der Waals surface area contributed by atoms with Crippen LogP contribution in [0.3, 0.4) is 0 Å². The van der Waals surface area contributed by atoms with Crippen LogP contribution in [-0.4, -0.2) is 50.0 Å². The highest BCUT2D eigenvalue weighted by atomic mass is 35.5. The van der Waals surface area contributed by atoms with E-state index in [1.807, 2.05) is 63.2 Å². The fourth-order valence-electron chi connectivity index (χ4n) is 4.65. The number of hydrogen-bond acceptors (Lipinski definition) is 4. The molecule has 0 saturated heterocycles. The first-order valence-electron chi connectivity index (χ1n) is 14.0.